The zero-order valence-corrected chi connectivity index (χ0v) is 14.2. The maximum Gasteiger partial charge on any atom is 0.123 e. The molecule has 0 heterocycles. The lowest BCUT2D eigenvalue weighted by Crippen LogP contribution is -2.31. The third kappa shape index (κ3) is 4.99. The Bertz CT molecular complexity index is 418. The highest BCUT2D eigenvalue weighted by Gasteiger charge is 2.14. The van der Waals surface area contributed by atoms with Gasteiger partial charge < -0.3 is 10.1 Å². The molecule has 0 aliphatic carbocycles. The largest absolute Gasteiger partial charge is 0.489 e. The van der Waals surface area contributed by atoms with Crippen molar-refractivity contribution in [2.45, 2.75) is 59.5 Å². The Morgan fingerprint density at radius 2 is 1.95 bits per heavy atom. The Morgan fingerprint density at radius 3 is 2.50 bits per heavy atom. The van der Waals surface area contributed by atoms with Crippen LogP contribution in [0.3, 0.4) is 0 Å². The monoisotopic (exact) mass is 297 g/mol. The van der Waals surface area contributed by atoms with Gasteiger partial charge in [-0.05, 0) is 49.1 Å². The van der Waals surface area contributed by atoms with E-state index in [9.17, 15) is 0 Å². The van der Waals surface area contributed by atoms with Crippen molar-refractivity contribution in [1.82, 2.24) is 5.32 Å². The van der Waals surface area contributed by atoms with Crippen LogP contribution in [0, 0.1) is 6.92 Å². The summed E-state index contributed by atoms with van der Waals surface area (Å²) in [6.45, 7) is 12.5. The Kier molecular flexibility index (Phi) is 7.39. The van der Waals surface area contributed by atoms with Crippen LogP contribution < -0.4 is 10.1 Å². The molecule has 0 aliphatic rings. The number of nitrogens with one attached hydrogen (secondary N) is 1. The molecule has 20 heavy (non-hydrogen) atoms. The minimum absolute atomic E-state index is 0.222. The zero-order valence-electron chi connectivity index (χ0n) is 13.4. The molecule has 0 saturated carbocycles. The SMILES string of the molecule is CCCC(CNCC)Oc1cc(C(C)C)c(Cl)cc1C. The van der Waals surface area contributed by atoms with Crippen LogP contribution in [0.4, 0.5) is 0 Å². The van der Waals surface area contributed by atoms with Crippen LogP contribution in [0.15, 0.2) is 12.1 Å². The van der Waals surface area contributed by atoms with Crippen molar-refractivity contribution in [3.63, 3.8) is 0 Å². The molecule has 0 radical (unpaired) electrons. The predicted molar refractivity (Wildman–Crippen MR) is 88.1 cm³/mol. The molecule has 0 aliphatic heterocycles. The number of benzene rings is 1. The van der Waals surface area contributed by atoms with E-state index in [-0.39, 0.29) is 6.10 Å². The average molecular weight is 298 g/mol. The van der Waals surface area contributed by atoms with Crippen molar-refractivity contribution in [2.75, 3.05) is 13.1 Å². The maximum atomic E-state index is 6.31. The summed E-state index contributed by atoms with van der Waals surface area (Å²) in [5.41, 5.74) is 2.27. The van der Waals surface area contributed by atoms with E-state index in [1.165, 1.54) is 0 Å². The molecule has 0 spiro atoms. The standard InChI is InChI=1S/C17H28ClNO/c1-6-8-14(11-19-7-2)20-17-10-15(12(3)4)16(18)9-13(17)5/h9-10,12,14,19H,6-8,11H2,1-5H3. The van der Waals surface area contributed by atoms with Crippen LogP contribution in [-0.2, 0) is 0 Å². The first-order valence-corrected chi connectivity index (χ1v) is 8.04. The summed E-state index contributed by atoms with van der Waals surface area (Å²) in [5.74, 6) is 1.37. The molecule has 1 rings (SSSR count). The molecule has 0 amide bonds. The van der Waals surface area contributed by atoms with E-state index in [2.05, 4.69) is 46.0 Å². The highest BCUT2D eigenvalue weighted by molar-refractivity contribution is 6.31. The number of hydrogen-bond donors (Lipinski definition) is 1. The smallest absolute Gasteiger partial charge is 0.123 e. The lowest BCUT2D eigenvalue weighted by molar-refractivity contribution is 0.186. The number of ether oxygens (including phenoxy) is 1. The van der Waals surface area contributed by atoms with Crippen molar-refractivity contribution >= 4 is 11.6 Å². The van der Waals surface area contributed by atoms with Gasteiger partial charge in [0.15, 0.2) is 0 Å². The van der Waals surface area contributed by atoms with E-state index in [0.717, 1.165) is 47.8 Å². The van der Waals surface area contributed by atoms with Crippen LogP contribution in [-0.4, -0.2) is 19.2 Å². The third-order valence-electron chi connectivity index (χ3n) is 3.44. The first-order valence-electron chi connectivity index (χ1n) is 7.66. The third-order valence-corrected chi connectivity index (χ3v) is 3.77. The number of halogens is 1. The molecule has 1 N–H and O–H groups in total. The fourth-order valence-electron chi connectivity index (χ4n) is 2.25. The molecule has 1 unspecified atom stereocenters. The van der Waals surface area contributed by atoms with E-state index in [4.69, 9.17) is 16.3 Å². The second-order valence-electron chi connectivity index (χ2n) is 5.63. The lowest BCUT2D eigenvalue weighted by Gasteiger charge is -2.22. The van der Waals surface area contributed by atoms with E-state index in [0.29, 0.717) is 5.92 Å². The number of likely N-dealkylation sites (N-methyl/N-ethyl adjacent to an activating group) is 1. The molecule has 0 aromatic heterocycles. The zero-order chi connectivity index (χ0) is 15.1. The maximum absolute atomic E-state index is 6.31. The lowest BCUT2D eigenvalue weighted by atomic mass is 10.0. The van der Waals surface area contributed by atoms with E-state index in [1.54, 1.807) is 0 Å². The highest BCUT2D eigenvalue weighted by Crippen LogP contribution is 2.32. The van der Waals surface area contributed by atoms with Gasteiger partial charge in [0.05, 0.1) is 0 Å². The Hall–Kier alpha value is -0.730. The summed E-state index contributed by atoms with van der Waals surface area (Å²) in [5, 5.41) is 4.21. The minimum atomic E-state index is 0.222. The van der Waals surface area contributed by atoms with Crippen molar-refractivity contribution in [3.8, 4) is 5.75 Å². The van der Waals surface area contributed by atoms with E-state index >= 15 is 0 Å². The summed E-state index contributed by atoms with van der Waals surface area (Å²) in [7, 11) is 0. The average Bonchev–Trinajstić information content (AvgIpc) is 2.38. The molecular formula is C17H28ClNO. The van der Waals surface area contributed by atoms with E-state index < -0.39 is 0 Å². The van der Waals surface area contributed by atoms with Crippen molar-refractivity contribution in [3.05, 3.63) is 28.3 Å². The van der Waals surface area contributed by atoms with Crippen molar-refractivity contribution in [1.29, 1.82) is 0 Å². The molecular weight excluding hydrogens is 270 g/mol. The first-order chi connectivity index (χ1) is 9.49. The van der Waals surface area contributed by atoms with Crippen LogP contribution in [0.25, 0.3) is 0 Å². The van der Waals surface area contributed by atoms with Gasteiger partial charge in [-0.15, -0.1) is 0 Å². The van der Waals surface area contributed by atoms with Crippen LogP contribution in [0.2, 0.25) is 5.02 Å². The topological polar surface area (TPSA) is 21.3 Å². The molecule has 1 aromatic rings. The fraction of sp³-hybridized carbons (Fsp3) is 0.647. The Balaban J connectivity index is 2.90. The quantitative estimate of drug-likeness (QED) is 0.734. The summed E-state index contributed by atoms with van der Waals surface area (Å²) >= 11 is 6.31. The van der Waals surface area contributed by atoms with Gasteiger partial charge in [-0.3, -0.25) is 0 Å². The van der Waals surface area contributed by atoms with Crippen molar-refractivity contribution in [2.24, 2.45) is 0 Å². The summed E-state index contributed by atoms with van der Waals surface area (Å²) < 4.78 is 6.21. The Morgan fingerprint density at radius 1 is 1.25 bits per heavy atom. The minimum Gasteiger partial charge on any atom is -0.489 e. The first kappa shape index (κ1) is 17.3. The predicted octanol–water partition coefficient (Wildman–Crippen LogP) is 4.93. The molecule has 0 saturated heterocycles. The van der Waals surface area contributed by atoms with Crippen LogP contribution in [0.1, 0.15) is 57.6 Å². The molecule has 3 heteroatoms. The molecule has 114 valence electrons. The van der Waals surface area contributed by atoms with Gasteiger partial charge in [-0.1, -0.05) is 45.7 Å². The van der Waals surface area contributed by atoms with Crippen LogP contribution >= 0.6 is 11.6 Å². The van der Waals surface area contributed by atoms with Crippen molar-refractivity contribution < 1.29 is 4.74 Å². The number of hydrogen-bond acceptors (Lipinski definition) is 2. The molecule has 1 aromatic carbocycles. The van der Waals surface area contributed by atoms with Gasteiger partial charge in [-0.2, -0.15) is 0 Å². The number of aryl methyl sites for hydroxylation is 1. The molecule has 1 atom stereocenters. The van der Waals surface area contributed by atoms with Gasteiger partial charge in [0.2, 0.25) is 0 Å². The van der Waals surface area contributed by atoms with Gasteiger partial charge >= 0.3 is 0 Å². The molecule has 0 fully saturated rings. The van der Waals surface area contributed by atoms with Gasteiger partial charge in [0.25, 0.3) is 0 Å². The van der Waals surface area contributed by atoms with Gasteiger partial charge in [0.1, 0.15) is 11.9 Å². The normalized spacial score (nSPS) is 12.8. The fourth-order valence-corrected chi connectivity index (χ4v) is 2.68. The van der Waals surface area contributed by atoms with Crippen LogP contribution in [0.5, 0.6) is 5.75 Å². The second kappa shape index (κ2) is 8.53. The second-order valence-corrected chi connectivity index (χ2v) is 6.04. The van der Waals surface area contributed by atoms with E-state index in [1.807, 2.05) is 6.07 Å². The Labute approximate surface area is 128 Å². The summed E-state index contributed by atoms with van der Waals surface area (Å²) in [6, 6.07) is 4.12. The number of rotatable bonds is 8. The molecule has 2 nitrogen and oxygen atoms in total. The van der Waals surface area contributed by atoms with Gasteiger partial charge in [0, 0.05) is 11.6 Å². The summed E-state index contributed by atoms with van der Waals surface area (Å²) in [4.78, 5) is 0. The summed E-state index contributed by atoms with van der Waals surface area (Å²) in [6.07, 6.45) is 2.41. The highest BCUT2D eigenvalue weighted by atomic mass is 35.5. The van der Waals surface area contributed by atoms with Gasteiger partial charge in [-0.25, -0.2) is 0 Å². The molecule has 0 bridgehead atoms.